The van der Waals surface area contributed by atoms with Crippen LogP contribution >= 0.6 is 11.8 Å². The fourth-order valence-electron chi connectivity index (χ4n) is 0.932. The molecule has 5 heteroatoms. The van der Waals surface area contributed by atoms with Crippen LogP contribution in [0.15, 0.2) is 11.8 Å². The summed E-state index contributed by atoms with van der Waals surface area (Å²) >= 11 is 1.90. The van der Waals surface area contributed by atoms with Crippen LogP contribution in [0.25, 0.3) is 0 Å². The largest absolute Gasteiger partial charge is 0.390 e. The topological polar surface area (TPSA) is 48.4 Å². The Bertz CT molecular complexity index is 219. The van der Waals surface area contributed by atoms with Crippen molar-refractivity contribution in [3.8, 4) is 0 Å². The molecule has 0 aliphatic heterocycles. The maximum absolute atomic E-state index is 7.14. The van der Waals surface area contributed by atoms with Crippen LogP contribution in [0, 0.1) is 5.41 Å². The molecule has 0 saturated carbocycles. The third-order valence-electron chi connectivity index (χ3n) is 2.12. The Kier molecular flexibility index (Phi) is 9.37. The van der Waals surface area contributed by atoms with Crippen LogP contribution in [-0.4, -0.2) is 56.6 Å². The van der Waals surface area contributed by atoms with Gasteiger partial charge in [0.25, 0.3) is 0 Å². The van der Waals surface area contributed by atoms with E-state index in [1.807, 2.05) is 18.0 Å². The molecular weight excluding hydrogens is 222 g/mol. The molecule has 1 unspecified atom stereocenters. The second kappa shape index (κ2) is 9.69. The van der Waals surface area contributed by atoms with Crippen molar-refractivity contribution >= 4 is 18.0 Å². The number of hydrogen-bond donors (Lipinski definition) is 2. The zero-order valence-electron chi connectivity index (χ0n) is 10.6. The van der Waals surface area contributed by atoms with Crippen LogP contribution in [0.4, 0.5) is 0 Å². The summed E-state index contributed by atoms with van der Waals surface area (Å²) in [6, 6.07) is 0. The molecule has 4 nitrogen and oxygen atoms in total. The first-order valence-electron chi connectivity index (χ1n) is 5.31. The molecule has 0 fully saturated rings. The zero-order chi connectivity index (χ0) is 12.4. The van der Waals surface area contributed by atoms with Crippen molar-refractivity contribution in [1.29, 1.82) is 5.41 Å². The monoisotopic (exact) mass is 245 g/mol. The van der Waals surface area contributed by atoms with Gasteiger partial charge in [0.15, 0.2) is 0 Å². The van der Waals surface area contributed by atoms with Gasteiger partial charge in [0.2, 0.25) is 0 Å². The number of hydrogen-bond acceptors (Lipinski definition) is 5. The highest BCUT2D eigenvalue weighted by atomic mass is 32.2. The van der Waals surface area contributed by atoms with Crippen molar-refractivity contribution in [1.82, 2.24) is 10.2 Å². The second-order valence-electron chi connectivity index (χ2n) is 3.68. The molecule has 0 heterocycles. The van der Waals surface area contributed by atoms with E-state index >= 15 is 0 Å². The average molecular weight is 245 g/mol. The normalized spacial score (nSPS) is 13.9. The van der Waals surface area contributed by atoms with Gasteiger partial charge < -0.3 is 15.5 Å². The van der Waals surface area contributed by atoms with E-state index in [0.717, 1.165) is 17.9 Å². The van der Waals surface area contributed by atoms with Gasteiger partial charge in [-0.1, -0.05) is 0 Å². The van der Waals surface area contributed by atoms with Crippen LogP contribution in [0.1, 0.15) is 6.92 Å². The maximum atomic E-state index is 7.14. The Labute approximate surface area is 103 Å². The fraction of sp³-hybridized carbons (Fsp3) is 0.727. The first-order valence-corrected chi connectivity index (χ1v) is 6.36. The molecule has 0 spiro atoms. The lowest BCUT2D eigenvalue weighted by atomic mass is 10.3. The lowest BCUT2D eigenvalue weighted by molar-refractivity contribution is 0.229. The van der Waals surface area contributed by atoms with Gasteiger partial charge in [0.05, 0.1) is 12.0 Å². The van der Waals surface area contributed by atoms with Crippen LogP contribution in [0.2, 0.25) is 0 Å². The summed E-state index contributed by atoms with van der Waals surface area (Å²) in [5, 5.41) is 10.9. The van der Waals surface area contributed by atoms with E-state index in [1.54, 1.807) is 7.11 Å². The molecule has 94 valence electrons. The number of thioether (sulfide) groups is 1. The Morgan fingerprint density at radius 3 is 2.75 bits per heavy atom. The molecule has 2 N–H and O–H groups in total. The van der Waals surface area contributed by atoms with Crippen molar-refractivity contribution in [3.63, 3.8) is 0 Å². The summed E-state index contributed by atoms with van der Waals surface area (Å²) in [6.07, 6.45) is 3.16. The van der Waals surface area contributed by atoms with Gasteiger partial charge in [-0.3, -0.25) is 4.90 Å². The molecule has 0 rings (SSSR count). The summed E-state index contributed by atoms with van der Waals surface area (Å²) in [5.41, 5.74) is 0.855. The highest BCUT2D eigenvalue weighted by molar-refractivity contribution is 7.99. The van der Waals surface area contributed by atoms with E-state index in [-0.39, 0.29) is 0 Å². The molecular formula is C11H23N3OS. The standard InChI is InChI=1S/C11H23N3OS/c1-10(14(2)3)16-6-5-13-8-11(7-12)9-15-4/h7-8,10,12-13H,5-6,9H2,1-4H3/b11-8+,12-7?. The summed E-state index contributed by atoms with van der Waals surface area (Å²) in [6.45, 7) is 3.58. The Balaban J connectivity index is 3.62. The number of ether oxygens (including phenoxy) is 1. The van der Waals surface area contributed by atoms with E-state index in [2.05, 4.69) is 31.2 Å². The summed E-state index contributed by atoms with van der Waals surface area (Å²) < 4.78 is 4.95. The van der Waals surface area contributed by atoms with Gasteiger partial charge in [-0.15, -0.1) is 11.8 Å². The Hall–Kier alpha value is -0.520. The average Bonchev–Trinajstić information content (AvgIpc) is 2.26. The summed E-state index contributed by atoms with van der Waals surface area (Å²) in [4.78, 5) is 2.19. The molecule has 0 aromatic carbocycles. The van der Waals surface area contributed by atoms with Gasteiger partial charge in [-0.2, -0.15) is 0 Å². The van der Waals surface area contributed by atoms with Crippen LogP contribution in [-0.2, 0) is 4.74 Å². The Morgan fingerprint density at radius 2 is 2.25 bits per heavy atom. The SMILES string of the molecule is COC/C(C=N)=C/NCCSC(C)N(C)C. The summed E-state index contributed by atoms with van der Waals surface area (Å²) in [7, 11) is 5.79. The maximum Gasteiger partial charge on any atom is 0.0741 e. The predicted octanol–water partition coefficient (Wildman–Crippen LogP) is 1.40. The smallest absolute Gasteiger partial charge is 0.0741 e. The first-order chi connectivity index (χ1) is 7.61. The van der Waals surface area contributed by atoms with Crippen molar-refractivity contribution in [2.24, 2.45) is 0 Å². The minimum atomic E-state index is 0.484. The van der Waals surface area contributed by atoms with E-state index in [4.69, 9.17) is 10.1 Å². The third-order valence-corrected chi connectivity index (χ3v) is 3.46. The molecule has 0 amide bonds. The van der Waals surface area contributed by atoms with E-state index < -0.39 is 0 Å². The number of methoxy groups -OCH3 is 1. The molecule has 1 atom stereocenters. The van der Waals surface area contributed by atoms with Gasteiger partial charge in [0.1, 0.15) is 0 Å². The van der Waals surface area contributed by atoms with Gasteiger partial charge in [0, 0.05) is 37.4 Å². The van der Waals surface area contributed by atoms with E-state index in [1.165, 1.54) is 6.21 Å². The second-order valence-corrected chi connectivity index (χ2v) is 5.11. The highest BCUT2D eigenvalue weighted by Gasteiger charge is 2.02. The molecule has 0 aromatic heterocycles. The van der Waals surface area contributed by atoms with Crippen LogP contribution in [0.5, 0.6) is 0 Å². The molecule has 16 heavy (non-hydrogen) atoms. The molecule has 0 radical (unpaired) electrons. The lowest BCUT2D eigenvalue weighted by Gasteiger charge is -2.18. The van der Waals surface area contributed by atoms with Gasteiger partial charge in [-0.25, -0.2) is 0 Å². The molecule has 0 aliphatic rings. The quantitative estimate of drug-likeness (QED) is 0.366. The number of nitrogens with zero attached hydrogens (tertiary/aromatic N) is 1. The van der Waals surface area contributed by atoms with Gasteiger partial charge in [-0.05, 0) is 21.0 Å². The van der Waals surface area contributed by atoms with E-state index in [0.29, 0.717) is 12.0 Å². The van der Waals surface area contributed by atoms with Crippen LogP contribution in [0.3, 0.4) is 0 Å². The Morgan fingerprint density at radius 1 is 1.56 bits per heavy atom. The minimum Gasteiger partial charge on any atom is -0.390 e. The molecule has 0 saturated heterocycles. The number of nitrogens with one attached hydrogen (secondary N) is 2. The van der Waals surface area contributed by atoms with Crippen molar-refractivity contribution in [2.75, 3.05) is 40.1 Å². The third kappa shape index (κ3) is 7.73. The molecule has 0 bridgehead atoms. The molecule has 0 aromatic rings. The lowest BCUT2D eigenvalue weighted by Crippen LogP contribution is -2.23. The van der Waals surface area contributed by atoms with Crippen molar-refractivity contribution < 1.29 is 4.74 Å². The predicted molar refractivity (Wildman–Crippen MR) is 72.4 cm³/mol. The number of rotatable bonds is 9. The minimum absolute atomic E-state index is 0.484. The highest BCUT2D eigenvalue weighted by Crippen LogP contribution is 2.10. The summed E-state index contributed by atoms with van der Waals surface area (Å²) in [5.74, 6) is 1.05. The van der Waals surface area contributed by atoms with Crippen molar-refractivity contribution in [3.05, 3.63) is 11.8 Å². The zero-order valence-corrected chi connectivity index (χ0v) is 11.4. The van der Waals surface area contributed by atoms with Crippen molar-refractivity contribution in [2.45, 2.75) is 12.3 Å². The van der Waals surface area contributed by atoms with Gasteiger partial charge >= 0.3 is 0 Å². The van der Waals surface area contributed by atoms with E-state index in [9.17, 15) is 0 Å². The first kappa shape index (κ1) is 15.5. The fourth-order valence-corrected chi connectivity index (χ4v) is 1.81. The molecule has 0 aliphatic carbocycles. The van der Waals surface area contributed by atoms with Crippen LogP contribution < -0.4 is 5.32 Å².